The van der Waals surface area contributed by atoms with Gasteiger partial charge in [-0.25, -0.2) is 0 Å². The Morgan fingerprint density at radius 2 is 1.54 bits per heavy atom. The summed E-state index contributed by atoms with van der Waals surface area (Å²) in [5.41, 5.74) is 12.5. The quantitative estimate of drug-likeness (QED) is 0.262. The van der Waals surface area contributed by atoms with Gasteiger partial charge in [0.05, 0.1) is 5.41 Å². The molecule has 0 bridgehead atoms. The SMILES string of the molecule is C=Cc1ccc(C2(C3(C)C=CC=CC3)C3=C(CCC=C3)c3ccc(Nc4ccc(-c5ccccc5)cc4)cc32)cc1. The number of nitrogens with one attached hydrogen (secondary N) is 1. The molecule has 2 unspecified atom stereocenters. The summed E-state index contributed by atoms with van der Waals surface area (Å²) >= 11 is 0. The summed E-state index contributed by atoms with van der Waals surface area (Å²) in [6.45, 7) is 6.45. The van der Waals surface area contributed by atoms with Gasteiger partial charge in [0, 0.05) is 16.8 Å². The highest BCUT2D eigenvalue weighted by molar-refractivity contribution is 5.88. The molecule has 4 aromatic rings. The Hall–Kier alpha value is -4.62. The first-order chi connectivity index (χ1) is 20.1. The second-order valence-corrected chi connectivity index (χ2v) is 11.6. The lowest BCUT2D eigenvalue weighted by Crippen LogP contribution is -2.44. The van der Waals surface area contributed by atoms with Crippen LogP contribution in [0.4, 0.5) is 11.4 Å². The van der Waals surface area contributed by atoms with Gasteiger partial charge in [0.2, 0.25) is 0 Å². The average molecular weight is 530 g/mol. The maximum atomic E-state index is 4.01. The third kappa shape index (κ3) is 4.07. The predicted octanol–water partition coefficient (Wildman–Crippen LogP) is 10.7. The van der Waals surface area contributed by atoms with Crippen molar-refractivity contribution in [2.45, 2.75) is 31.6 Å². The van der Waals surface area contributed by atoms with Crippen molar-refractivity contribution in [1.29, 1.82) is 0 Å². The molecule has 3 aliphatic rings. The highest BCUT2D eigenvalue weighted by Gasteiger charge is 2.55. The fraction of sp³-hybridized carbons (Fsp3) is 0.150. The summed E-state index contributed by atoms with van der Waals surface area (Å²) in [5.74, 6) is 0. The molecule has 0 saturated heterocycles. The number of fused-ring (bicyclic) bond motifs is 2. The Morgan fingerprint density at radius 3 is 2.27 bits per heavy atom. The van der Waals surface area contributed by atoms with Gasteiger partial charge in [-0.05, 0) is 88.1 Å². The molecule has 1 N–H and O–H groups in total. The van der Waals surface area contributed by atoms with Gasteiger partial charge in [-0.3, -0.25) is 0 Å². The van der Waals surface area contributed by atoms with Crippen LogP contribution in [0, 0.1) is 5.41 Å². The Balaban J connectivity index is 1.37. The molecule has 1 nitrogen and oxygen atoms in total. The summed E-state index contributed by atoms with van der Waals surface area (Å²) in [5, 5.41) is 3.73. The first-order valence-corrected chi connectivity index (χ1v) is 14.7. The molecule has 0 amide bonds. The zero-order valence-corrected chi connectivity index (χ0v) is 23.6. The number of hydrogen-bond donors (Lipinski definition) is 1. The van der Waals surface area contributed by atoms with Crippen molar-refractivity contribution in [3.05, 3.63) is 168 Å². The molecule has 0 saturated carbocycles. The van der Waals surface area contributed by atoms with Crippen molar-refractivity contribution in [1.82, 2.24) is 0 Å². The number of anilines is 2. The van der Waals surface area contributed by atoms with E-state index in [4.69, 9.17) is 0 Å². The lowest BCUT2D eigenvalue weighted by molar-refractivity contribution is 0.290. The third-order valence-electron chi connectivity index (χ3n) is 9.29. The van der Waals surface area contributed by atoms with Crippen LogP contribution in [0.2, 0.25) is 0 Å². The normalized spacial score (nSPS) is 22.4. The van der Waals surface area contributed by atoms with Gasteiger partial charge in [0.15, 0.2) is 0 Å². The zero-order valence-electron chi connectivity index (χ0n) is 23.6. The molecule has 0 heterocycles. The molecule has 3 aliphatic carbocycles. The number of hydrogen-bond acceptors (Lipinski definition) is 1. The summed E-state index contributed by atoms with van der Waals surface area (Å²) < 4.78 is 0. The van der Waals surface area contributed by atoms with Crippen LogP contribution in [0.1, 0.15) is 48.4 Å². The van der Waals surface area contributed by atoms with Crippen molar-refractivity contribution >= 4 is 23.0 Å². The van der Waals surface area contributed by atoms with Gasteiger partial charge in [-0.1, -0.05) is 129 Å². The smallest absolute Gasteiger partial charge is 0.0551 e. The van der Waals surface area contributed by atoms with Gasteiger partial charge in [-0.15, -0.1) is 0 Å². The second kappa shape index (κ2) is 10.1. The lowest BCUT2D eigenvalue weighted by atomic mass is 9.53. The van der Waals surface area contributed by atoms with Crippen molar-refractivity contribution in [2.24, 2.45) is 5.41 Å². The molecule has 200 valence electrons. The summed E-state index contributed by atoms with van der Waals surface area (Å²) in [6, 6.07) is 35.4. The molecule has 1 heteroatoms. The Morgan fingerprint density at radius 1 is 0.780 bits per heavy atom. The van der Waals surface area contributed by atoms with Crippen LogP contribution in [-0.4, -0.2) is 0 Å². The predicted molar refractivity (Wildman–Crippen MR) is 175 cm³/mol. The minimum absolute atomic E-state index is 0.124. The fourth-order valence-electron chi connectivity index (χ4n) is 7.31. The number of allylic oxidation sites excluding steroid dienone is 8. The first kappa shape index (κ1) is 25.4. The van der Waals surface area contributed by atoms with Crippen LogP contribution < -0.4 is 5.32 Å². The van der Waals surface area contributed by atoms with Crippen LogP contribution in [0.3, 0.4) is 0 Å². The molecule has 0 aromatic heterocycles. The molecule has 4 aromatic carbocycles. The molecule has 0 aliphatic heterocycles. The van der Waals surface area contributed by atoms with E-state index in [1.807, 2.05) is 6.08 Å². The van der Waals surface area contributed by atoms with Crippen molar-refractivity contribution in [3.8, 4) is 11.1 Å². The van der Waals surface area contributed by atoms with Crippen LogP contribution in [0.15, 0.2) is 146 Å². The van der Waals surface area contributed by atoms with E-state index in [0.29, 0.717) is 0 Å². The highest BCUT2D eigenvalue weighted by atomic mass is 14.9. The molecule has 0 spiro atoms. The van der Waals surface area contributed by atoms with Gasteiger partial charge in [0.1, 0.15) is 0 Å². The fourth-order valence-corrected chi connectivity index (χ4v) is 7.31. The molecule has 0 radical (unpaired) electrons. The maximum absolute atomic E-state index is 4.01. The van der Waals surface area contributed by atoms with E-state index in [1.165, 1.54) is 39.0 Å². The summed E-state index contributed by atoms with van der Waals surface area (Å²) in [6.07, 6.45) is 19.1. The highest BCUT2D eigenvalue weighted by Crippen LogP contribution is 2.63. The van der Waals surface area contributed by atoms with E-state index in [2.05, 4.69) is 152 Å². The summed E-state index contributed by atoms with van der Waals surface area (Å²) in [7, 11) is 0. The standard InChI is InChI=1S/C40H35N/c1-3-29-16-20-32(21-17-29)40(39(2)26-10-5-11-27-39)37-15-9-8-14-35(37)36-25-24-34(28-38(36)40)41-33-22-18-31(19-23-33)30-12-6-4-7-13-30/h3-7,9-13,15-26,28,41H,1,8,14,27H2,2H3. The third-order valence-corrected chi connectivity index (χ3v) is 9.29. The van der Waals surface area contributed by atoms with Crippen molar-refractivity contribution in [2.75, 3.05) is 5.32 Å². The zero-order chi connectivity index (χ0) is 27.9. The van der Waals surface area contributed by atoms with Gasteiger partial charge < -0.3 is 5.32 Å². The monoisotopic (exact) mass is 529 g/mol. The Labute approximate surface area is 244 Å². The van der Waals surface area contributed by atoms with Crippen LogP contribution in [-0.2, 0) is 5.41 Å². The Kier molecular flexibility index (Phi) is 6.24. The molecule has 0 fully saturated rings. The maximum Gasteiger partial charge on any atom is 0.0551 e. The van der Waals surface area contributed by atoms with E-state index >= 15 is 0 Å². The molecule has 2 atom stereocenters. The molecular weight excluding hydrogens is 494 g/mol. The average Bonchev–Trinajstić information content (AvgIpc) is 3.33. The van der Waals surface area contributed by atoms with Crippen LogP contribution >= 0.6 is 0 Å². The molecule has 41 heavy (non-hydrogen) atoms. The second-order valence-electron chi connectivity index (χ2n) is 11.6. The van der Waals surface area contributed by atoms with Crippen LogP contribution in [0.25, 0.3) is 22.8 Å². The van der Waals surface area contributed by atoms with E-state index in [1.54, 1.807) is 0 Å². The topological polar surface area (TPSA) is 12.0 Å². The largest absolute Gasteiger partial charge is 0.356 e. The van der Waals surface area contributed by atoms with Crippen molar-refractivity contribution < 1.29 is 0 Å². The molecular formula is C40H35N. The van der Waals surface area contributed by atoms with Gasteiger partial charge in [-0.2, -0.15) is 0 Å². The van der Waals surface area contributed by atoms with E-state index < -0.39 is 0 Å². The molecule has 7 rings (SSSR count). The lowest BCUT2D eigenvalue weighted by Gasteiger charge is -2.49. The van der Waals surface area contributed by atoms with Gasteiger partial charge in [0.25, 0.3) is 0 Å². The minimum Gasteiger partial charge on any atom is -0.356 e. The first-order valence-electron chi connectivity index (χ1n) is 14.7. The summed E-state index contributed by atoms with van der Waals surface area (Å²) in [4.78, 5) is 0. The van der Waals surface area contributed by atoms with Crippen LogP contribution in [0.5, 0.6) is 0 Å². The number of rotatable bonds is 6. The van der Waals surface area contributed by atoms with E-state index in [-0.39, 0.29) is 10.8 Å². The van der Waals surface area contributed by atoms with E-state index in [9.17, 15) is 0 Å². The number of benzene rings is 4. The van der Waals surface area contributed by atoms with E-state index in [0.717, 1.165) is 36.2 Å². The van der Waals surface area contributed by atoms with Crippen molar-refractivity contribution in [3.63, 3.8) is 0 Å². The Bertz CT molecular complexity index is 1730. The minimum atomic E-state index is -0.301. The van der Waals surface area contributed by atoms with Gasteiger partial charge >= 0.3 is 0 Å².